The molecule has 4 aromatic rings. The number of fused-ring (bicyclic) bond motifs is 1. The van der Waals surface area contributed by atoms with Gasteiger partial charge in [0.1, 0.15) is 18.1 Å². The predicted molar refractivity (Wildman–Crippen MR) is 145 cm³/mol. The van der Waals surface area contributed by atoms with Gasteiger partial charge in [0.2, 0.25) is 0 Å². The van der Waals surface area contributed by atoms with Crippen molar-refractivity contribution in [1.29, 1.82) is 0 Å². The maximum Gasteiger partial charge on any atom is 0.271 e. The molecule has 0 N–H and O–H groups in total. The zero-order valence-electron chi connectivity index (χ0n) is 20.8. The fraction of sp³-hybridized carbons (Fsp3) is 0.167. The van der Waals surface area contributed by atoms with Gasteiger partial charge in [-0.3, -0.25) is 14.2 Å². The summed E-state index contributed by atoms with van der Waals surface area (Å²) in [6.45, 7) is 3.82. The van der Waals surface area contributed by atoms with E-state index in [9.17, 15) is 9.59 Å². The molecule has 0 amide bonds. The molecule has 0 fully saturated rings. The normalized spacial score (nSPS) is 15.2. The summed E-state index contributed by atoms with van der Waals surface area (Å²) in [7, 11) is 1.60. The van der Waals surface area contributed by atoms with Gasteiger partial charge < -0.3 is 9.47 Å². The second-order valence-electron chi connectivity index (χ2n) is 8.75. The fourth-order valence-electron chi connectivity index (χ4n) is 4.42. The zero-order chi connectivity index (χ0) is 25.9. The molecule has 0 aliphatic carbocycles. The number of aromatic nitrogens is 1. The van der Waals surface area contributed by atoms with E-state index >= 15 is 0 Å². The number of rotatable bonds is 7. The quantitative estimate of drug-likeness (QED) is 0.369. The lowest BCUT2D eigenvalue weighted by Crippen LogP contribution is -2.39. The van der Waals surface area contributed by atoms with Crippen molar-refractivity contribution in [2.45, 2.75) is 26.5 Å². The average Bonchev–Trinajstić information content (AvgIpc) is 3.22. The Bertz CT molecular complexity index is 1650. The largest absolute Gasteiger partial charge is 0.497 e. The number of Topliss-reactive ketones (excluding diaryl/α,β-unsaturated/α-hetero) is 1. The maximum absolute atomic E-state index is 13.6. The third-order valence-corrected chi connectivity index (χ3v) is 7.24. The molecule has 0 unspecified atom stereocenters. The van der Waals surface area contributed by atoms with E-state index in [1.807, 2.05) is 91.9 Å². The summed E-state index contributed by atoms with van der Waals surface area (Å²) in [5, 5.41) is 0. The Hall–Kier alpha value is -4.23. The first-order valence-corrected chi connectivity index (χ1v) is 12.7. The standard InChI is InChI=1S/C30H26N2O4S/c1-19-27(20(2)33)28(23-11-15-24(35-3)16-12-23)32-29(34)26(37-30(32)31-19)17-21-9-13-25(14-10-21)36-18-22-7-5-4-6-8-22/h4-17,28H,18H2,1-3H3/b26-17+/t28-/m0/s1. The van der Waals surface area contributed by atoms with E-state index < -0.39 is 6.04 Å². The van der Waals surface area contributed by atoms with E-state index in [0.717, 1.165) is 22.4 Å². The molecule has 7 heteroatoms. The first kappa shape index (κ1) is 24.5. The molecule has 0 saturated carbocycles. The van der Waals surface area contributed by atoms with Crippen molar-refractivity contribution >= 4 is 23.2 Å². The van der Waals surface area contributed by atoms with E-state index in [1.54, 1.807) is 11.7 Å². The van der Waals surface area contributed by atoms with Gasteiger partial charge in [-0.25, -0.2) is 4.99 Å². The van der Waals surface area contributed by atoms with Crippen LogP contribution in [0.15, 0.2) is 99.9 Å². The van der Waals surface area contributed by atoms with Gasteiger partial charge in [0.05, 0.1) is 17.7 Å². The van der Waals surface area contributed by atoms with Gasteiger partial charge >= 0.3 is 0 Å². The second-order valence-corrected chi connectivity index (χ2v) is 9.76. The van der Waals surface area contributed by atoms with Gasteiger partial charge in [0.25, 0.3) is 5.56 Å². The Kier molecular flexibility index (Phi) is 6.88. The van der Waals surface area contributed by atoms with Gasteiger partial charge in [-0.2, -0.15) is 0 Å². The first-order valence-electron chi connectivity index (χ1n) is 11.9. The molecule has 1 atom stereocenters. The summed E-state index contributed by atoms with van der Waals surface area (Å²) >= 11 is 1.32. The van der Waals surface area contributed by atoms with E-state index in [2.05, 4.69) is 4.99 Å². The third-order valence-electron chi connectivity index (χ3n) is 6.26. The lowest BCUT2D eigenvalue weighted by molar-refractivity contribution is -0.114. The molecular weight excluding hydrogens is 484 g/mol. The van der Waals surface area contributed by atoms with Crippen molar-refractivity contribution in [3.05, 3.63) is 127 Å². The van der Waals surface area contributed by atoms with E-state index in [4.69, 9.17) is 9.47 Å². The molecular formula is C30H26N2O4S. The summed E-state index contributed by atoms with van der Waals surface area (Å²) in [5.74, 6) is 1.35. The number of benzene rings is 3. The lowest BCUT2D eigenvalue weighted by Gasteiger charge is -2.24. The van der Waals surface area contributed by atoms with Crippen LogP contribution >= 0.6 is 11.3 Å². The molecule has 1 aromatic heterocycles. The number of ether oxygens (including phenoxy) is 2. The number of methoxy groups -OCH3 is 1. The summed E-state index contributed by atoms with van der Waals surface area (Å²) in [6, 6.07) is 24.5. The Morgan fingerprint density at radius 2 is 1.68 bits per heavy atom. The molecule has 1 aliphatic rings. The topological polar surface area (TPSA) is 69.9 Å². The van der Waals surface area contributed by atoms with Crippen LogP contribution in [0.25, 0.3) is 6.08 Å². The summed E-state index contributed by atoms with van der Waals surface area (Å²) in [5.41, 5.74) is 3.76. The second kappa shape index (κ2) is 10.4. The number of allylic oxidation sites excluding steroid dienone is 2. The number of ketones is 1. The number of thiazole rings is 1. The third kappa shape index (κ3) is 5.04. The van der Waals surface area contributed by atoms with E-state index in [1.165, 1.54) is 18.3 Å². The molecule has 5 rings (SSSR count). The molecule has 1 aliphatic heterocycles. The minimum absolute atomic E-state index is 0.109. The Morgan fingerprint density at radius 1 is 1.00 bits per heavy atom. The SMILES string of the molecule is COc1ccc([C@H]2C(C(C)=O)=C(C)N=c3s/c(=C/c4ccc(OCc5ccccc5)cc4)c(=O)n32)cc1. The van der Waals surface area contributed by atoms with Crippen LogP contribution < -0.4 is 24.4 Å². The number of hydrogen-bond acceptors (Lipinski definition) is 6. The van der Waals surface area contributed by atoms with Gasteiger partial charge in [-0.05, 0) is 60.9 Å². The first-order chi connectivity index (χ1) is 17.9. The Morgan fingerprint density at radius 3 is 2.32 bits per heavy atom. The highest BCUT2D eigenvalue weighted by molar-refractivity contribution is 7.07. The van der Waals surface area contributed by atoms with Gasteiger partial charge in [-0.1, -0.05) is 65.9 Å². The summed E-state index contributed by atoms with van der Waals surface area (Å²) < 4.78 is 13.3. The van der Waals surface area contributed by atoms with Crippen LogP contribution in [0.3, 0.4) is 0 Å². The van der Waals surface area contributed by atoms with Crippen molar-refractivity contribution in [2.75, 3.05) is 7.11 Å². The van der Waals surface area contributed by atoms with Crippen molar-refractivity contribution in [3.8, 4) is 11.5 Å². The Balaban J connectivity index is 1.50. The van der Waals surface area contributed by atoms with Crippen LogP contribution in [-0.4, -0.2) is 17.5 Å². The van der Waals surface area contributed by atoms with Crippen LogP contribution in [0, 0.1) is 0 Å². The van der Waals surface area contributed by atoms with Crippen LogP contribution in [0.1, 0.15) is 36.6 Å². The van der Waals surface area contributed by atoms with Crippen molar-refractivity contribution in [1.82, 2.24) is 4.57 Å². The number of nitrogens with zero attached hydrogens (tertiary/aromatic N) is 2. The summed E-state index contributed by atoms with van der Waals surface area (Å²) in [6.07, 6.45) is 1.85. The fourth-order valence-corrected chi connectivity index (χ4v) is 5.47. The van der Waals surface area contributed by atoms with Crippen molar-refractivity contribution in [2.24, 2.45) is 4.99 Å². The smallest absolute Gasteiger partial charge is 0.271 e. The minimum atomic E-state index is -0.546. The van der Waals surface area contributed by atoms with Crippen molar-refractivity contribution < 1.29 is 14.3 Å². The van der Waals surface area contributed by atoms with E-state index in [0.29, 0.717) is 33.0 Å². The lowest BCUT2D eigenvalue weighted by atomic mass is 9.93. The zero-order valence-corrected chi connectivity index (χ0v) is 21.6. The number of hydrogen-bond donors (Lipinski definition) is 0. The molecule has 0 radical (unpaired) electrons. The van der Waals surface area contributed by atoms with E-state index in [-0.39, 0.29) is 11.3 Å². The van der Waals surface area contributed by atoms with Gasteiger partial charge in [0, 0.05) is 11.3 Å². The predicted octanol–water partition coefficient (Wildman–Crippen LogP) is 4.41. The average molecular weight is 511 g/mol. The van der Waals surface area contributed by atoms with Crippen LogP contribution in [-0.2, 0) is 11.4 Å². The highest BCUT2D eigenvalue weighted by Gasteiger charge is 2.30. The Labute approximate surface area is 218 Å². The summed E-state index contributed by atoms with van der Waals surface area (Å²) in [4.78, 5) is 31.5. The molecule has 37 heavy (non-hydrogen) atoms. The number of carbonyl (C=O) groups is 1. The molecule has 0 spiro atoms. The molecule has 0 saturated heterocycles. The number of carbonyl (C=O) groups excluding carboxylic acids is 1. The van der Waals surface area contributed by atoms with Crippen molar-refractivity contribution in [3.63, 3.8) is 0 Å². The molecule has 0 bridgehead atoms. The highest BCUT2D eigenvalue weighted by Crippen LogP contribution is 2.31. The molecule has 2 heterocycles. The van der Waals surface area contributed by atoms with Crippen LogP contribution in [0.2, 0.25) is 0 Å². The highest BCUT2D eigenvalue weighted by atomic mass is 32.1. The van der Waals surface area contributed by atoms with Gasteiger partial charge in [0.15, 0.2) is 10.6 Å². The van der Waals surface area contributed by atoms with Gasteiger partial charge in [-0.15, -0.1) is 0 Å². The molecule has 6 nitrogen and oxygen atoms in total. The molecule has 3 aromatic carbocycles. The van der Waals surface area contributed by atoms with Crippen LogP contribution in [0.4, 0.5) is 0 Å². The molecule has 186 valence electrons. The monoisotopic (exact) mass is 510 g/mol. The maximum atomic E-state index is 13.6. The van der Waals surface area contributed by atoms with Crippen LogP contribution in [0.5, 0.6) is 11.5 Å². The minimum Gasteiger partial charge on any atom is -0.497 e.